The number of guanidine groups is 1. The van der Waals surface area contributed by atoms with Gasteiger partial charge in [-0.2, -0.15) is 0 Å². The van der Waals surface area contributed by atoms with Crippen LogP contribution >= 0.6 is 0 Å². The molecular weight excluding hydrogens is 284 g/mol. The van der Waals surface area contributed by atoms with Crippen molar-refractivity contribution in [3.63, 3.8) is 0 Å². The highest BCUT2D eigenvalue weighted by molar-refractivity contribution is 5.78. The van der Waals surface area contributed by atoms with Gasteiger partial charge in [0.15, 0.2) is 5.96 Å². The average molecular weight is 316 g/mol. The van der Waals surface area contributed by atoms with E-state index < -0.39 is 0 Å². The summed E-state index contributed by atoms with van der Waals surface area (Å²) >= 11 is 0. The Balaban J connectivity index is 1.98. The largest absolute Gasteiger partial charge is 0.370 e. The molecule has 1 aromatic rings. The zero-order valence-electron chi connectivity index (χ0n) is 15.1. The second-order valence-electron chi connectivity index (χ2n) is 7.80. The first kappa shape index (κ1) is 17.8. The molecule has 0 aromatic heterocycles. The minimum atomic E-state index is -0.0579. The normalized spacial score (nSPS) is 18.2. The SMILES string of the molecule is CC1CCN(Cc2ccccc2CN=C(N)NC(C)(C)C)CC1. The van der Waals surface area contributed by atoms with E-state index in [4.69, 9.17) is 5.73 Å². The van der Waals surface area contributed by atoms with E-state index in [1.807, 2.05) is 0 Å². The number of nitrogens with one attached hydrogen (secondary N) is 1. The van der Waals surface area contributed by atoms with Gasteiger partial charge in [0.1, 0.15) is 0 Å². The van der Waals surface area contributed by atoms with Gasteiger partial charge in [0, 0.05) is 12.1 Å². The highest BCUT2D eigenvalue weighted by Crippen LogP contribution is 2.20. The molecule has 1 aromatic carbocycles. The fourth-order valence-electron chi connectivity index (χ4n) is 2.92. The van der Waals surface area contributed by atoms with Gasteiger partial charge in [0.25, 0.3) is 0 Å². The van der Waals surface area contributed by atoms with Gasteiger partial charge in [-0.05, 0) is 63.7 Å². The van der Waals surface area contributed by atoms with Gasteiger partial charge in [-0.3, -0.25) is 4.90 Å². The van der Waals surface area contributed by atoms with Crippen LogP contribution in [-0.2, 0) is 13.1 Å². The fraction of sp³-hybridized carbons (Fsp3) is 0.632. The number of aliphatic imine (C=N–C) groups is 1. The number of nitrogens with two attached hydrogens (primary N) is 1. The molecule has 0 spiro atoms. The van der Waals surface area contributed by atoms with Crippen molar-refractivity contribution < 1.29 is 0 Å². The summed E-state index contributed by atoms with van der Waals surface area (Å²) in [6, 6.07) is 8.58. The first-order valence-electron chi connectivity index (χ1n) is 8.71. The molecule has 4 heteroatoms. The Morgan fingerprint density at radius 2 is 1.83 bits per heavy atom. The van der Waals surface area contributed by atoms with Crippen molar-refractivity contribution in [1.29, 1.82) is 0 Å². The van der Waals surface area contributed by atoms with Gasteiger partial charge in [0.05, 0.1) is 6.54 Å². The van der Waals surface area contributed by atoms with Gasteiger partial charge >= 0.3 is 0 Å². The van der Waals surface area contributed by atoms with Crippen molar-refractivity contribution in [3.8, 4) is 0 Å². The Kier molecular flexibility index (Phi) is 6.05. The van der Waals surface area contributed by atoms with Crippen LogP contribution < -0.4 is 11.1 Å². The van der Waals surface area contributed by atoms with Crippen molar-refractivity contribution in [2.24, 2.45) is 16.6 Å². The third kappa shape index (κ3) is 6.22. The molecule has 0 atom stereocenters. The van der Waals surface area contributed by atoms with Crippen LogP contribution in [0, 0.1) is 5.92 Å². The standard InChI is InChI=1S/C19H32N4/c1-15-9-11-23(12-10-15)14-17-8-6-5-7-16(17)13-21-18(20)22-19(2,3)4/h5-8,15H,9-14H2,1-4H3,(H3,20,21,22). The quantitative estimate of drug-likeness (QED) is 0.663. The number of nitrogens with zero attached hydrogens (tertiary/aromatic N) is 2. The third-order valence-electron chi connectivity index (χ3n) is 4.31. The minimum absolute atomic E-state index is 0.0579. The molecule has 0 saturated carbocycles. The van der Waals surface area contributed by atoms with Crippen molar-refractivity contribution in [1.82, 2.24) is 10.2 Å². The molecule has 1 saturated heterocycles. The van der Waals surface area contributed by atoms with Crippen LogP contribution in [0.15, 0.2) is 29.3 Å². The number of hydrogen-bond acceptors (Lipinski definition) is 2. The molecule has 1 fully saturated rings. The average Bonchev–Trinajstić information content (AvgIpc) is 2.47. The van der Waals surface area contributed by atoms with Crippen LogP contribution in [0.2, 0.25) is 0 Å². The van der Waals surface area contributed by atoms with E-state index in [0.717, 1.165) is 12.5 Å². The monoisotopic (exact) mass is 316 g/mol. The maximum Gasteiger partial charge on any atom is 0.189 e. The highest BCUT2D eigenvalue weighted by Gasteiger charge is 2.16. The summed E-state index contributed by atoms with van der Waals surface area (Å²) in [5.74, 6) is 1.38. The summed E-state index contributed by atoms with van der Waals surface area (Å²) in [6.45, 7) is 12.7. The fourth-order valence-corrected chi connectivity index (χ4v) is 2.92. The van der Waals surface area contributed by atoms with E-state index in [9.17, 15) is 0 Å². The molecule has 128 valence electrons. The zero-order valence-corrected chi connectivity index (χ0v) is 15.1. The second-order valence-corrected chi connectivity index (χ2v) is 7.80. The molecule has 0 amide bonds. The summed E-state index contributed by atoms with van der Waals surface area (Å²) in [6.07, 6.45) is 2.62. The summed E-state index contributed by atoms with van der Waals surface area (Å²) < 4.78 is 0. The van der Waals surface area contributed by atoms with E-state index >= 15 is 0 Å². The number of piperidine rings is 1. The van der Waals surface area contributed by atoms with E-state index in [1.54, 1.807) is 0 Å². The predicted octanol–water partition coefficient (Wildman–Crippen LogP) is 3.12. The van der Waals surface area contributed by atoms with Crippen LogP contribution in [0.3, 0.4) is 0 Å². The molecule has 0 aliphatic carbocycles. The van der Waals surface area contributed by atoms with Crippen molar-refractivity contribution >= 4 is 5.96 Å². The molecule has 2 rings (SSSR count). The van der Waals surface area contributed by atoms with Crippen LogP contribution in [-0.4, -0.2) is 29.5 Å². The van der Waals surface area contributed by atoms with Gasteiger partial charge < -0.3 is 11.1 Å². The summed E-state index contributed by atoms with van der Waals surface area (Å²) in [5, 5.41) is 3.21. The number of hydrogen-bond donors (Lipinski definition) is 2. The molecular formula is C19H32N4. The van der Waals surface area contributed by atoms with E-state index in [-0.39, 0.29) is 5.54 Å². The van der Waals surface area contributed by atoms with E-state index in [0.29, 0.717) is 12.5 Å². The second kappa shape index (κ2) is 7.82. The lowest BCUT2D eigenvalue weighted by Crippen LogP contribution is -2.45. The zero-order chi connectivity index (χ0) is 16.9. The number of rotatable bonds is 4. The lowest BCUT2D eigenvalue weighted by atomic mass is 9.98. The Hall–Kier alpha value is -1.55. The predicted molar refractivity (Wildman–Crippen MR) is 98.3 cm³/mol. The lowest BCUT2D eigenvalue weighted by Gasteiger charge is -2.30. The summed E-state index contributed by atoms with van der Waals surface area (Å²) in [7, 11) is 0. The summed E-state index contributed by atoms with van der Waals surface area (Å²) in [5.41, 5.74) is 8.57. The smallest absolute Gasteiger partial charge is 0.189 e. The van der Waals surface area contributed by atoms with Gasteiger partial charge in [-0.1, -0.05) is 31.2 Å². The van der Waals surface area contributed by atoms with Crippen LogP contribution in [0.1, 0.15) is 51.7 Å². The maximum atomic E-state index is 5.99. The minimum Gasteiger partial charge on any atom is -0.370 e. The van der Waals surface area contributed by atoms with E-state index in [2.05, 4.69) is 67.2 Å². The van der Waals surface area contributed by atoms with Crippen molar-refractivity contribution in [2.45, 2.75) is 59.2 Å². The first-order valence-corrected chi connectivity index (χ1v) is 8.71. The molecule has 4 nitrogen and oxygen atoms in total. The Morgan fingerprint density at radius 3 is 2.43 bits per heavy atom. The molecule has 0 bridgehead atoms. The summed E-state index contributed by atoms with van der Waals surface area (Å²) in [4.78, 5) is 7.07. The maximum absolute atomic E-state index is 5.99. The van der Waals surface area contributed by atoms with E-state index in [1.165, 1.54) is 37.1 Å². The lowest BCUT2D eigenvalue weighted by molar-refractivity contribution is 0.185. The Labute approximate surface area is 141 Å². The van der Waals surface area contributed by atoms with Crippen molar-refractivity contribution in [3.05, 3.63) is 35.4 Å². The van der Waals surface area contributed by atoms with Gasteiger partial charge in [-0.15, -0.1) is 0 Å². The van der Waals surface area contributed by atoms with Crippen molar-refractivity contribution in [2.75, 3.05) is 13.1 Å². The number of likely N-dealkylation sites (tertiary alicyclic amines) is 1. The molecule has 1 aliphatic heterocycles. The molecule has 0 radical (unpaired) electrons. The topological polar surface area (TPSA) is 53.6 Å². The third-order valence-corrected chi connectivity index (χ3v) is 4.31. The Bertz CT molecular complexity index is 522. The molecule has 1 aliphatic rings. The van der Waals surface area contributed by atoms with Crippen LogP contribution in [0.4, 0.5) is 0 Å². The van der Waals surface area contributed by atoms with Gasteiger partial charge in [-0.25, -0.2) is 4.99 Å². The van der Waals surface area contributed by atoms with Crippen LogP contribution in [0.25, 0.3) is 0 Å². The van der Waals surface area contributed by atoms with Crippen LogP contribution in [0.5, 0.6) is 0 Å². The van der Waals surface area contributed by atoms with Gasteiger partial charge in [0.2, 0.25) is 0 Å². The highest BCUT2D eigenvalue weighted by atomic mass is 15.1. The number of benzene rings is 1. The molecule has 0 unspecified atom stereocenters. The molecule has 23 heavy (non-hydrogen) atoms. The first-order chi connectivity index (χ1) is 10.8. The Morgan fingerprint density at radius 1 is 1.22 bits per heavy atom. The molecule has 1 heterocycles. The molecule has 3 N–H and O–H groups in total.